The zero-order valence-corrected chi connectivity index (χ0v) is 12.6. The van der Waals surface area contributed by atoms with Crippen molar-refractivity contribution in [3.8, 4) is 5.88 Å². The molecule has 116 valence electrons. The van der Waals surface area contributed by atoms with Gasteiger partial charge in [0.2, 0.25) is 11.8 Å². The van der Waals surface area contributed by atoms with Crippen LogP contribution in [0.15, 0.2) is 6.07 Å². The second-order valence-electron chi connectivity index (χ2n) is 4.55. The van der Waals surface area contributed by atoms with Crippen molar-refractivity contribution in [2.24, 2.45) is 0 Å². The van der Waals surface area contributed by atoms with Gasteiger partial charge in [-0.1, -0.05) is 13.8 Å². The van der Waals surface area contributed by atoms with Crippen LogP contribution in [-0.4, -0.2) is 39.7 Å². The molecular weight excluding hydrogens is 276 g/mol. The molecule has 8 nitrogen and oxygen atoms in total. The van der Waals surface area contributed by atoms with Gasteiger partial charge < -0.3 is 15.2 Å². The summed E-state index contributed by atoms with van der Waals surface area (Å²) < 4.78 is 4.98. The third-order valence-corrected chi connectivity index (χ3v) is 3.23. The third-order valence-electron chi connectivity index (χ3n) is 3.23. The van der Waals surface area contributed by atoms with Crippen LogP contribution in [0.4, 0.5) is 10.7 Å². The standard InChI is InChI=1S/C13H20N4O4/c1-5-13(6-2,10(18)19)17-12(20)16-11-14-8(3)7-9(15-11)21-4/h7H,5-6H2,1-4H3,(H,18,19)(H2,14,15,16,17,20). The Bertz CT molecular complexity index is 529. The topological polar surface area (TPSA) is 113 Å². The van der Waals surface area contributed by atoms with Gasteiger partial charge in [0.15, 0.2) is 0 Å². The van der Waals surface area contributed by atoms with E-state index in [2.05, 4.69) is 20.6 Å². The Morgan fingerprint density at radius 1 is 1.33 bits per heavy atom. The Labute approximate surface area is 122 Å². The van der Waals surface area contributed by atoms with Crippen LogP contribution in [0.5, 0.6) is 5.88 Å². The summed E-state index contributed by atoms with van der Waals surface area (Å²) >= 11 is 0. The number of carbonyl (C=O) groups is 2. The number of carboxylic acid groups (broad SMARTS) is 1. The van der Waals surface area contributed by atoms with Gasteiger partial charge in [-0.05, 0) is 19.8 Å². The highest BCUT2D eigenvalue weighted by Gasteiger charge is 2.36. The van der Waals surface area contributed by atoms with Crippen LogP contribution in [0, 0.1) is 6.92 Å². The monoisotopic (exact) mass is 296 g/mol. The number of nitrogens with one attached hydrogen (secondary N) is 2. The fourth-order valence-electron chi connectivity index (χ4n) is 1.83. The number of carboxylic acids is 1. The van der Waals surface area contributed by atoms with Crippen molar-refractivity contribution in [2.75, 3.05) is 12.4 Å². The molecule has 0 spiro atoms. The van der Waals surface area contributed by atoms with Crippen LogP contribution in [0.25, 0.3) is 0 Å². The number of nitrogens with zero attached hydrogens (tertiary/aromatic N) is 2. The summed E-state index contributed by atoms with van der Waals surface area (Å²) in [4.78, 5) is 31.3. The number of anilines is 1. The van der Waals surface area contributed by atoms with E-state index in [0.717, 1.165) is 0 Å². The molecule has 2 amide bonds. The molecule has 0 atom stereocenters. The van der Waals surface area contributed by atoms with E-state index in [1.165, 1.54) is 7.11 Å². The Kier molecular flexibility index (Phi) is 5.45. The smallest absolute Gasteiger partial charge is 0.329 e. The van der Waals surface area contributed by atoms with E-state index < -0.39 is 17.5 Å². The highest BCUT2D eigenvalue weighted by Crippen LogP contribution is 2.16. The highest BCUT2D eigenvalue weighted by molar-refractivity contribution is 5.92. The average molecular weight is 296 g/mol. The lowest BCUT2D eigenvalue weighted by Gasteiger charge is -2.27. The van der Waals surface area contributed by atoms with Gasteiger partial charge in [-0.2, -0.15) is 4.98 Å². The quantitative estimate of drug-likeness (QED) is 0.734. The van der Waals surface area contributed by atoms with Crippen LogP contribution in [-0.2, 0) is 4.79 Å². The normalized spacial score (nSPS) is 10.9. The van der Waals surface area contributed by atoms with Crippen molar-refractivity contribution in [2.45, 2.75) is 39.2 Å². The highest BCUT2D eigenvalue weighted by atomic mass is 16.5. The summed E-state index contributed by atoms with van der Waals surface area (Å²) in [5.41, 5.74) is -0.689. The van der Waals surface area contributed by atoms with E-state index in [4.69, 9.17) is 4.74 Å². The Hall–Kier alpha value is -2.38. The van der Waals surface area contributed by atoms with Crippen molar-refractivity contribution in [3.63, 3.8) is 0 Å². The van der Waals surface area contributed by atoms with E-state index in [1.807, 2.05) is 0 Å². The van der Waals surface area contributed by atoms with Gasteiger partial charge in [0.1, 0.15) is 5.54 Å². The fourth-order valence-corrected chi connectivity index (χ4v) is 1.83. The lowest BCUT2D eigenvalue weighted by molar-refractivity contribution is -0.144. The SMILES string of the molecule is CCC(CC)(NC(=O)Nc1nc(C)cc(OC)n1)C(=O)O. The van der Waals surface area contributed by atoms with E-state index in [9.17, 15) is 14.7 Å². The van der Waals surface area contributed by atoms with E-state index in [1.54, 1.807) is 26.8 Å². The van der Waals surface area contributed by atoms with Crippen LogP contribution in [0.1, 0.15) is 32.4 Å². The van der Waals surface area contributed by atoms with E-state index in [0.29, 0.717) is 11.6 Å². The maximum atomic E-state index is 12.0. The molecular formula is C13H20N4O4. The van der Waals surface area contributed by atoms with Gasteiger partial charge in [0.05, 0.1) is 7.11 Å². The average Bonchev–Trinajstić information content (AvgIpc) is 2.43. The molecule has 1 heterocycles. The van der Waals surface area contributed by atoms with Gasteiger partial charge in [-0.15, -0.1) is 0 Å². The number of carbonyl (C=O) groups excluding carboxylic acids is 1. The zero-order chi connectivity index (χ0) is 16.0. The molecule has 1 aromatic rings. The second kappa shape index (κ2) is 6.87. The number of urea groups is 1. The van der Waals surface area contributed by atoms with Crippen molar-refractivity contribution in [1.82, 2.24) is 15.3 Å². The first-order valence-corrected chi connectivity index (χ1v) is 6.59. The molecule has 21 heavy (non-hydrogen) atoms. The number of aliphatic carboxylic acids is 1. The largest absolute Gasteiger partial charge is 0.481 e. The van der Waals surface area contributed by atoms with E-state index >= 15 is 0 Å². The summed E-state index contributed by atoms with van der Waals surface area (Å²) in [6, 6.07) is 0.941. The molecule has 0 saturated carbocycles. The van der Waals surface area contributed by atoms with Crippen molar-refractivity contribution in [3.05, 3.63) is 11.8 Å². The number of aromatic nitrogens is 2. The summed E-state index contributed by atoms with van der Waals surface area (Å²) in [5, 5.41) is 14.2. The molecule has 0 aliphatic heterocycles. The molecule has 3 N–H and O–H groups in total. The molecule has 0 bridgehead atoms. The van der Waals surface area contributed by atoms with Crippen molar-refractivity contribution >= 4 is 17.9 Å². The van der Waals surface area contributed by atoms with Crippen LogP contribution >= 0.6 is 0 Å². The predicted molar refractivity (Wildman–Crippen MR) is 76.4 cm³/mol. The summed E-state index contributed by atoms with van der Waals surface area (Å²) in [6.45, 7) is 5.13. The van der Waals surface area contributed by atoms with Gasteiger partial charge >= 0.3 is 12.0 Å². The molecule has 8 heteroatoms. The first-order chi connectivity index (χ1) is 9.86. The van der Waals surface area contributed by atoms with Crippen LogP contribution in [0.3, 0.4) is 0 Å². The lowest BCUT2D eigenvalue weighted by Crippen LogP contribution is -2.55. The van der Waals surface area contributed by atoms with Gasteiger partial charge in [0.25, 0.3) is 0 Å². The number of rotatable bonds is 6. The third kappa shape index (κ3) is 4.04. The summed E-state index contributed by atoms with van der Waals surface area (Å²) in [7, 11) is 1.45. The maximum Gasteiger partial charge on any atom is 0.329 e. The fraction of sp³-hybridized carbons (Fsp3) is 0.538. The Morgan fingerprint density at radius 2 is 1.95 bits per heavy atom. The number of ether oxygens (including phenoxy) is 1. The lowest BCUT2D eigenvalue weighted by atomic mass is 9.93. The Morgan fingerprint density at radius 3 is 2.43 bits per heavy atom. The first-order valence-electron chi connectivity index (χ1n) is 6.59. The Balaban J connectivity index is 2.86. The summed E-state index contributed by atoms with van der Waals surface area (Å²) in [5.74, 6) is -0.713. The summed E-state index contributed by atoms with van der Waals surface area (Å²) in [6.07, 6.45) is 0.536. The minimum absolute atomic E-state index is 0.0517. The maximum absolute atomic E-state index is 12.0. The van der Waals surface area contributed by atoms with Gasteiger partial charge in [-0.25, -0.2) is 14.6 Å². The van der Waals surface area contributed by atoms with Gasteiger partial charge in [0, 0.05) is 11.8 Å². The molecule has 1 rings (SSSR count). The molecule has 1 aromatic heterocycles. The van der Waals surface area contributed by atoms with E-state index in [-0.39, 0.29) is 18.8 Å². The van der Waals surface area contributed by atoms with Crippen LogP contribution < -0.4 is 15.4 Å². The number of hydrogen-bond acceptors (Lipinski definition) is 5. The number of aryl methyl sites for hydroxylation is 1. The number of amides is 2. The van der Waals surface area contributed by atoms with Crippen molar-refractivity contribution < 1.29 is 19.4 Å². The zero-order valence-electron chi connectivity index (χ0n) is 12.6. The molecule has 0 saturated heterocycles. The minimum atomic E-state index is -1.31. The molecule has 0 radical (unpaired) electrons. The molecule has 0 fully saturated rings. The second-order valence-corrected chi connectivity index (χ2v) is 4.55. The minimum Gasteiger partial charge on any atom is -0.481 e. The number of hydrogen-bond donors (Lipinski definition) is 3. The number of methoxy groups -OCH3 is 1. The first kappa shape index (κ1) is 16.7. The van der Waals surface area contributed by atoms with Crippen LogP contribution in [0.2, 0.25) is 0 Å². The predicted octanol–water partition coefficient (Wildman–Crippen LogP) is 1.56. The molecule has 0 unspecified atom stereocenters. The molecule has 0 aliphatic rings. The molecule has 0 aliphatic carbocycles. The molecule has 0 aromatic carbocycles. The van der Waals surface area contributed by atoms with Gasteiger partial charge in [-0.3, -0.25) is 5.32 Å². The van der Waals surface area contributed by atoms with Crippen molar-refractivity contribution in [1.29, 1.82) is 0 Å².